The number of amides is 3. The number of rotatable bonds is 6. The smallest absolute Gasteiger partial charge is 0.321 e. The number of carbonyl (C=O) groups is 3. The molecule has 3 amide bonds. The SMILES string of the molecule is CNC(=O)NC(=O)[C@H](C)OC(=O)Cc1csc(-c2ccc(OC)cc2)n1. The highest BCUT2D eigenvalue weighted by atomic mass is 32.1. The number of methoxy groups -OCH3 is 1. The Balaban J connectivity index is 1.92. The molecule has 0 saturated heterocycles. The lowest BCUT2D eigenvalue weighted by Gasteiger charge is -2.12. The molecule has 0 saturated carbocycles. The van der Waals surface area contributed by atoms with Gasteiger partial charge in [-0.1, -0.05) is 0 Å². The quantitative estimate of drug-likeness (QED) is 0.743. The van der Waals surface area contributed by atoms with Crippen molar-refractivity contribution < 1.29 is 23.9 Å². The molecule has 2 aromatic rings. The van der Waals surface area contributed by atoms with Gasteiger partial charge in [0.25, 0.3) is 5.91 Å². The largest absolute Gasteiger partial charge is 0.497 e. The number of aromatic nitrogens is 1. The maximum absolute atomic E-state index is 12.0. The molecule has 0 aliphatic heterocycles. The Bertz CT molecular complexity index is 788. The third kappa shape index (κ3) is 5.28. The number of ether oxygens (including phenoxy) is 2. The van der Waals surface area contributed by atoms with E-state index in [0.717, 1.165) is 16.3 Å². The van der Waals surface area contributed by atoms with Gasteiger partial charge in [0, 0.05) is 18.0 Å². The van der Waals surface area contributed by atoms with Crippen LogP contribution in [0.25, 0.3) is 10.6 Å². The molecule has 8 nitrogen and oxygen atoms in total. The van der Waals surface area contributed by atoms with Gasteiger partial charge < -0.3 is 14.8 Å². The summed E-state index contributed by atoms with van der Waals surface area (Å²) in [6.07, 6.45) is -1.15. The van der Waals surface area contributed by atoms with Crippen LogP contribution in [-0.4, -0.2) is 43.2 Å². The highest BCUT2D eigenvalue weighted by molar-refractivity contribution is 7.13. The van der Waals surface area contributed by atoms with Crippen LogP contribution in [0.3, 0.4) is 0 Å². The Labute approximate surface area is 154 Å². The van der Waals surface area contributed by atoms with Gasteiger partial charge in [-0.05, 0) is 31.2 Å². The van der Waals surface area contributed by atoms with E-state index >= 15 is 0 Å². The summed E-state index contributed by atoms with van der Waals surface area (Å²) < 4.78 is 10.1. The van der Waals surface area contributed by atoms with E-state index in [1.807, 2.05) is 29.6 Å². The minimum Gasteiger partial charge on any atom is -0.497 e. The molecule has 138 valence electrons. The summed E-state index contributed by atoms with van der Waals surface area (Å²) in [5.74, 6) is -0.552. The number of esters is 1. The van der Waals surface area contributed by atoms with Crippen molar-refractivity contribution in [3.8, 4) is 16.3 Å². The molecule has 0 radical (unpaired) electrons. The Morgan fingerprint density at radius 2 is 1.92 bits per heavy atom. The van der Waals surface area contributed by atoms with Crippen LogP contribution in [0.2, 0.25) is 0 Å². The van der Waals surface area contributed by atoms with Crippen molar-refractivity contribution in [2.75, 3.05) is 14.2 Å². The van der Waals surface area contributed by atoms with E-state index in [-0.39, 0.29) is 6.42 Å². The van der Waals surface area contributed by atoms with Gasteiger partial charge in [0.05, 0.1) is 19.2 Å². The molecule has 1 aromatic carbocycles. The lowest BCUT2D eigenvalue weighted by atomic mass is 10.2. The number of hydrogen-bond acceptors (Lipinski definition) is 7. The molecule has 0 aliphatic rings. The average Bonchev–Trinajstić information content (AvgIpc) is 3.09. The molecule has 26 heavy (non-hydrogen) atoms. The van der Waals surface area contributed by atoms with Crippen LogP contribution in [0.1, 0.15) is 12.6 Å². The fourth-order valence-electron chi connectivity index (χ4n) is 1.97. The lowest BCUT2D eigenvalue weighted by Crippen LogP contribution is -2.43. The molecule has 2 N–H and O–H groups in total. The van der Waals surface area contributed by atoms with E-state index < -0.39 is 24.0 Å². The van der Waals surface area contributed by atoms with Crippen molar-refractivity contribution in [1.29, 1.82) is 0 Å². The van der Waals surface area contributed by atoms with E-state index in [0.29, 0.717) is 5.69 Å². The van der Waals surface area contributed by atoms with Crippen molar-refractivity contribution in [3.63, 3.8) is 0 Å². The molecule has 1 heterocycles. The van der Waals surface area contributed by atoms with Crippen LogP contribution in [0.5, 0.6) is 5.75 Å². The zero-order chi connectivity index (χ0) is 19.1. The number of imide groups is 1. The van der Waals surface area contributed by atoms with Gasteiger partial charge in [-0.3, -0.25) is 14.9 Å². The summed E-state index contributed by atoms with van der Waals surface area (Å²) in [6, 6.07) is 6.76. The molecule has 0 unspecified atom stereocenters. The molecular formula is C17H19N3O5S. The van der Waals surface area contributed by atoms with E-state index in [4.69, 9.17) is 9.47 Å². The highest BCUT2D eigenvalue weighted by Gasteiger charge is 2.20. The lowest BCUT2D eigenvalue weighted by molar-refractivity contribution is -0.153. The number of urea groups is 1. The van der Waals surface area contributed by atoms with Crippen molar-refractivity contribution in [3.05, 3.63) is 35.3 Å². The summed E-state index contributed by atoms with van der Waals surface area (Å²) in [5, 5.41) is 6.81. The van der Waals surface area contributed by atoms with E-state index in [2.05, 4.69) is 10.3 Å². The highest BCUT2D eigenvalue weighted by Crippen LogP contribution is 2.25. The zero-order valence-electron chi connectivity index (χ0n) is 14.6. The van der Waals surface area contributed by atoms with E-state index in [1.54, 1.807) is 12.5 Å². The number of hydrogen-bond donors (Lipinski definition) is 2. The predicted octanol–water partition coefficient (Wildman–Crippen LogP) is 1.75. The standard InChI is InChI=1S/C17H19N3O5S/c1-10(15(22)20-17(23)18-2)25-14(21)8-12-9-26-16(19-12)11-4-6-13(24-3)7-5-11/h4-7,9-10H,8H2,1-3H3,(H2,18,20,22,23)/t10-/m0/s1. The average molecular weight is 377 g/mol. The zero-order valence-corrected chi connectivity index (χ0v) is 15.4. The maximum Gasteiger partial charge on any atom is 0.321 e. The molecule has 2 rings (SSSR count). The minimum atomic E-state index is -1.08. The minimum absolute atomic E-state index is 0.0652. The summed E-state index contributed by atoms with van der Waals surface area (Å²) in [5.41, 5.74) is 1.46. The summed E-state index contributed by atoms with van der Waals surface area (Å²) in [4.78, 5) is 39.1. The Morgan fingerprint density at radius 1 is 1.23 bits per heavy atom. The Morgan fingerprint density at radius 3 is 2.54 bits per heavy atom. The second kappa shape index (κ2) is 8.95. The third-order valence-electron chi connectivity index (χ3n) is 3.36. The fraction of sp³-hybridized carbons (Fsp3) is 0.294. The summed E-state index contributed by atoms with van der Waals surface area (Å²) in [6.45, 7) is 1.39. The first kappa shape index (κ1) is 19.4. The van der Waals surface area contributed by atoms with Crippen LogP contribution < -0.4 is 15.4 Å². The first-order valence-electron chi connectivity index (χ1n) is 7.73. The third-order valence-corrected chi connectivity index (χ3v) is 4.30. The molecule has 1 aromatic heterocycles. The van der Waals surface area contributed by atoms with Crippen LogP contribution in [0, 0.1) is 0 Å². The molecule has 0 spiro atoms. The van der Waals surface area contributed by atoms with Gasteiger partial charge in [-0.25, -0.2) is 9.78 Å². The topological polar surface area (TPSA) is 107 Å². The first-order valence-corrected chi connectivity index (χ1v) is 8.61. The van der Waals surface area contributed by atoms with Crippen molar-refractivity contribution >= 4 is 29.2 Å². The van der Waals surface area contributed by atoms with Crippen molar-refractivity contribution in [2.24, 2.45) is 0 Å². The number of benzene rings is 1. The fourth-order valence-corrected chi connectivity index (χ4v) is 2.80. The van der Waals surface area contributed by atoms with E-state index in [1.165, 1.54) is 25.3 Å². The predicted molar refractivity (Wildman–Crippen MR) is 96.0 cm³/mol. The molecule has 1 atom stereocenters. The first-order chi connectivity index (χ1) is 12.4. The van der Waals surface area contributed by atoms with Crippen molar-refractivity contribution in [1.82, 2.24) is 15.6 Å². The van der Waals surface area contributed by atoms with Crippen LogP contribution >= 0.6 is 11.3 Å². The number of nitrogens with zero attached hydrogens (tertiary/aromatic N) is 1. The van der Waals surface area contributed by atoms with Crippen LogP contribution in [0.4, 0.5) is 4.79 Å². The number of thiazole rings is 1. The second-order valence-corrected chi connectivity index (χ2v) is 6.11. The number of carbonyl (C=O) groups excluding carboxylic acids is 3. The normalized spacial score (nSPS) is 11.3. The molecule has 0 fully saturated rings. The molecule has 0 aliphatic carbocycles. The van der Waals surface area contributed by atoms with Gasteiger partial charge in [-0.2, -0.15) is 0 Å². The summed E-state index contributed by atoms with van der Waals surface area (Å²) in [7, 11) is 2.97. The molecule has 9 heteroatoms. The van der Waals surface area contributed by atoms with Gasteiger partial charge in [0.1, 0.15) is 10.8 Å². The number of nitrogens with one attached hydrogen (secondary N) is 2. The molecule has 0 bridgehead atoms. The Kier molecular flexibility index (Phi) is 6.67. The van der Waals surface area contributed by atoms with E-state index in [9.17, 15) is 14.4 Å². The van der Waals surface area contributed by atoms with Gasteiger partial charge in [0.15, 0.2) is 6.10 Å². The van der Waals surface area contributed by atoms with Gasteiger partial charge in [0.2, 0.25) is 0 Å². The van der Waals surface area contributed by atoms with Crippen LogP contribution in [0.15, 0.2) is 29.6 Å². The van der Waals surface area contributed by atoms with Crippen LogP contribution in [-0.2, 0) is 20.7 Å². The molecular weight excluding hydrogens is 358 g/mol. The monoisotopic (exact) mass is 377 g/mol. The maximum atomic E-state index is 12.0. The van der Waals surface area contributed by atoms with Crippen molar-refractivity contribution in [2.45, 2.75) is 19.4 Å². The van der Waals surface area contributed by atoms with Gasteiger partial charge in [-0.15, -0.1) is 11.3 Å². The summed E-state index contributed by atoms with van der Waals surface area (Å²) >= 11 is 1.40. The second-order valence-electron chi connectivity index (χ2n) is 5.25. The van der Waals surface area contributed by atoms with Gasteiger partial charge >= 0.3 is 12.0 Å². The Hall–Kier alpha value is -2.94.